The lowest BCUT2D eigenvalue weighted by atomic mass is 10.1. The summed E-state index contributed by atoms with van der Waals surface area (Å²) in [4.78, 5) is 22.0. The molecule has 34 heavy (non-hydrogen) atoms. The molecule has 2 aliphatic carbocycles. The van der Waals surface area contributed by atoms with E-state index in [1.807, 2.05) is 10.6 Å². The molecule has 1 N–H and O–H groups in total. The lowest BCUT2D eigenvalue weighted by molar-refractivity contribution is 0.0950. The van der Waals surface area contributed by atoms with E-state index in [1.165, 1.54) is 36.8 Å². The number of amides is 1. The molecule has 2 saturated carbocycles. The number of fused-ring (bicyclic) bond motifs is 2. The van der Waals surface area contributed by atoms with Crippen molar-refractivity contribution >= 4 is 17.1 Å². The number of rotatable bonds is 7. The Labute approximate surface area is 196 Å². The van der Waals surface area contributed by atoms with Gasteiger partial charge >= 0.3 is 0 Å². The first-order chi connectivity index (χ1) is 16.7. The summed E-state index contributed by atoms with van der Waals surface area (Å²) in [7, 11) is 0. The highest BCUT2D eigenvalue weighted by Crippen LogP contribution is 2.40. The fraction of sp³-hybridized carbons (Fsp3) is 0.308. The van der Waals surface area contributed by atoms with Crippen molar-refractivity contribution in [3.63, 3.8) is 0 Å². The van der Waals surface area contributed by atoms with Crippen LogP contribution in [-0.4, -0.2) is 34.5 Å². The number of nitrogens with one attached hydrogen (secondary N) is 1. The van der Waals surface area contributed by atoms with Crippen molar-refractivity contribution < 1.29 is 4.79 Å². The minimum atomic E-state index is -0.158. The number of imidazole rings is 2. The van der Waals surface area contributed by atoms with Crippen molar-refractivity contribution in [3.05, 3.63) is 89.7 Å². The first kappa shape index (κ1) is 19.5. The topological polar surface area (TPSA) is 81.5 Å². The van der Waals surface area contributed by atoms with Crippen LogP contribution in [0.2, 0.25) is 0 Å². The summed E-state index contributed by atoms with van der Waals surface area (Å²) in [6, 6.07) is 8.62. The number of aromatic nitrogens is 6. The van der Waals surface area contributed by atoms with E-state index < -0.39 is 0 Å². The van der Waals surface area contributed by atoms with Crippen LogP contribution in [0.4, 0.5) is 0 Å². The molecule has 0 bridgehead atoms. The maximum absolute atomic E-state index is 12.8. The van der Waals surface area contributed by atoms with E-state index in [1.54, 1.807) is 23.4 Å². The van der Waals surface area contributed by atoms with Crippen molar-refractivity contribution in [2.45, 2.75) is 50.6 Å². The molecule has 5 aromatic heterocycles. The minimum Gasteiger partial charge on any atom is -0.346 e. The van der Waals surface area contributed by atoms with Gasteiger partial charge in [-0.3, -0.25) is 9.48 Å². The third-order valence-electron chi connectivity index (χ3n) is 6.90. The van der Waals surface area contributed by atoms with E-state index in [2.05, 4.69) is 56.5 Å². The smallest absolute Gasteiger partial charge is 0.254 e. The van der Waals surface area contributed by atoms with E-state index in [0.717, 1.165) is 22.6 Å². The Morgan fingerprint density at radius 3 is 2.71 bits per heavy atom. The molecule has 0 radical (unpaired) electrons. The molecule has 0 aliphatic heterocycles. The molecule has 7 rings (SSSR count). The largest absolute Gasteiger partial charge is 0.346 e. The number of carbonyl (C=O) groups excluding carboxylic acids is 1. The lowest BCUT2D eigenvalue weighted by Crippen LogP contribution is -2.22. The number of nitrogens with zero attached hydrogens (tertiary/aromatic N) is 6. The Morgan fingerprint density at radius 1 is 1.00 bits per heavy atom. The summed E-state index contributed by atoms with van der Waals surface area (Å²) in [6.07, 6.45) is 16.5. The highest BCUT2D eigenvalue weighted by molar-refractivity contribution is 5.93. The predicted octanol–water partition coefficient (Wildman–Crippen LogP) is 3.91. The Bertz CT molecular complexity index is 1530. The average molecular weight is 452 g/mol. The molecule has 8 nitrogen and oxygen atoms in total. The van der Waals surface area contributed by atoms with Crippen LogP contribution in [0.25, 0.3) is 11.2 Å². The van der Waals surface area contributed by atoms with Crippen LogP contribution in [0.3, 0.4) is 0 Å². The second kappa shape index (κ2) is 7.55. The van der Waals surface area contributed by atoms with E-state index >= 15 is 0 Å². The maximum Gasteiger partial charge on any atom is 0.254 e. The van der Waals surface area contributed by atoms with Gasteiger partial charge in [-0.2, -0.15) is 5.10 Å². The van der Waals surface area contributed by atoms with Gasteiger partial charge in [0, 0.05) is 24.8 Å². The van der Waals surface area contributed by atoms with E-state index in [0.29, 0.717) is 30.5 Å². The fourth-order valence-electron chi connectivity index (χ4n) is 4.66. The Morgan fingerprint density at radius 2 is 1.85 bits per heavy atom. The summed E-state index contributed by atoms with van der Waals surface area (Å²) in [5.41, 5.74) is 7.04. The van der Waals surface area contributed by atoms with Crippen LogP contribution in [0.5, 0.6) is 0 Å². The van der Waals surface area contributed by atoms with Crippen molar-refractivity contribution in [3.8, 4) is 0 Å². The van der Waals surface area contributed by atoms with Crippen molar-refractivity contribution in [1.82, 2.24) is 33.9 Å². The van der Waals surface area contributed by atoms with Gasteiger partial charge in [0.1, 0.15) is 5.65 Å². The monoisotopic (exact) mass is 451 g/mol. The quantitative estimate of drug-likeness (QED) is 0.407. The van der Waals surface area contributed by atoms with Gasteiger partial charge in [-0.25, -0.2) is 9.97 Å². The third-order valence-corrected chi connectivity index (χ3v) is 6.90. The minimum absolute atomic E-state index is 0.158. The van der Waals surface area contributed by atoms with Crippen molar-refractivity contribution in [1.29, 1.82) is 0 Å². The number of pyridine rings is 2. The zero-order chi connectivity index (χ0) is 22.6. The van der Waals surface area contributed by atoms with Crippen LogP contribution in [0.15, 0.2) is 61.6 Å². The zero-order valence-corrected chi connectivity index (χ0v) is 18.8. The molecule has 0 spiro atoms. The van der Waals surface area contributed by atoms with Crippen molar-refractivity contribution in [2.75, 3.05) is 0 Å². The normalized spacial score (nSPS) is 15.9. The lowest BCUT2D eigenvalue weighted by Gasteiger charge is -2.04. The Balaban J connectivity index is 1.03. The van der Waals surface area contributed by atoms with Crippen LogP contribution >= 0.6 is 0 Å². The Kier molecular flexibility index (Phi) is 4.33. The molecule has 5 aromatic rings. The predicted molar refractivity (Wildman–Crippen MR) is 127 cm³/mol. The number of hydrogen-bond acceptors (Lipinski definition) is 4. The SMILES string of the molecule is O=C(NCc1ncn2ccc(C3CC3)cc12)c1cnn(Cc2cn3cc(C4CC4)ccc3n2)c1. The maximum atomic E-state index is 12.8. The molecular weight excluding hydrogens is 426 g/mol. The number of hydrogen-bond donors (Lipinski definition) is 1. The highest BCUT2D eigenvalue weighted by atomic mass is 16.1. The second-order valence-corrected chi connectivity index (χ2v) is 9.56. The van der Waals surface area contributed by atoms with Gasteiger partial charge in [0.15, 0.2) is 0 Å². The summed E-state index contributed by atoms with van der Waals surface area (Å²) in [6.45, 7) is 0.897. The van der Waals surface area contributed by atoms with E-state index in [4.69, 9.17) is 4.98 Å². The molecular formula is C26H25N7O. The standard InChI is InChI=1S/C26H25N7O/c34-26(27-11-23-24-9-19(17-1-2-17)7-8-31(24)16-28-23)21-10-29-33(13-21)15-22-14-32-12-20(18-3-4-18)5-6-25(32)30-22/h5-10,12-14,16-18H,1-4,11,15H2,(H,27,34). The van der Waals surface area contributed by atoms with Crippen LogP contribution in [-0.2, 0) is 13.1 Å². The van der Waals surface area contributed by atoms with Crippen LogP contribution in [0, 0.1) is 0 Å². The van der Waals surface area contributed by atoms with Gasteiger partial charge < -0.3 is 14.1 Å². The number of carbonyl (C=O) groups is 1. The molecule has 2 fully saturated rings. The van der Waals surface area contributed by atoms with Gasteiger partial charge in [0.05, 0.1) is 48.1 Å². The third kappa shape index (κ3) is 3.65. The summed E-state index contributed by atoms with van der Waals surface area (Å²) < 4.78 is 5.85. The molecule has 0 unspecified atom stereocenters. The van der Waals surface area contributed by atoms with Gasteiger partial charge in [-0.05, 0) is 66.8 Å². The summed E-state index contributed by atoms with van der Waals surface area (Å²) in [5.74, 6) is 1.24. The summed E-state index contributed by atoms with van der Waals surface area (Å²) in [5, 5.41) is 7.37. The van der Waals surface area contributed by atoms with Gasteiger partial charge in [0.25, 0.3) is 5.91 Å². The average Bonchev–Trinajstić information content (AvgIpc) is 3.76. The molecule has 0 aromatic carbocycles. The first-order valence-corrected chi connectivity index (χ1v) is 11.9. The molecule has 1 amide bonds. The van der Waals surface area contributed by atoms with E-state index in [-0.39, 0.29) is 5.91 Å². The molecule has 170 valence electrons. The van der Waals surface area contributed by atoms with Gasteiger partial charge in [0.2, 0.25) is 0 Å². The molecule has 5 heterocycles. The fourth-order valence-corrected chi connectivity index (χ4v) is 4.66. The molecule has 2 aliphatic rings. The van der Waals surface area contributed by atoms with E-state index in [9.17, 15) is 4.79 Å². The molecule has 8 heteroatoms. The molecule has 0 saturated heterocycles. The highest BCUT2D eigenvalue weighted by Gasteiger charge is 2.24. The summed E-state index contributed by atoms with van der Waals surface area (Å²) >= 11 is 0. The Hall–Kier alpha value is -3.94. The zero-order valence-electron chi connectivity index (χ0n) is 18.8. The van der Waals surface area contributed by atoms with Crippen LogP contribution < -0.4 is 5.32 Å². The van der Waals surface area contributed by atoms with Gasteiger partial charge in [-0.1, -0.05) is 6.07 Å². The molecule has 0 atom stereocenters. The van der Waals surface area contributed by atoms with Gasteiger partial charge in [-0.15, -0.1) is 0 Å². The van der Waals surface area contributed by atoms with Crippen molar-refractivity contribution in [2.24, 2.45) is 0 Å². The first-order valence-electron chi connectivity index (χ1n) is 11.9. The van der Waals surface area contributed by atoms with Crippen LogP contribution in [0.1, 0.15) is 70.4 Å². The second-order valence-electron chi connectivity index (χ2n) is 9.56.